The van der Waals surface area contributed by atoms with Crippen LogP contribution in [0.4, 0.5) is 0 Å². The van der Waals surface area contributed by atoms with Crippen LogP contribution < -0.4 is 0 Å². The van der Waals surface area contributed by atoms with Crippen molar-refractivity contribution in [2.75, 3.05) is 0 Å². The summed E-state index contributed by atoms with van der Waals surface area (Å²) in [6, 6.07) is 24.5. The second-order valence-electron chi connectivity index (χ2n) is 14.4. The van der Waals surface area contributed by atoms with Crippen LogP contribution in [0.15, 0.2) is 78.9 Å². The molecular weight excluding hydrogens is 928 g/mol. The number of fused-ring (bicyclic) bond motifs is 8. The fraction of sp³-hybridized carbons (Fsp3) is 0.102. The molecule has 4 aromatic carbocycles. The molecule has 0 saturated carbocycles. The number of nitrogens with zero attached hydrogens (tertiary/aromatic N) is 2. The maximum atomic E-state index is 7.08. The first-order chi connectivity index (χ1) is 29.3. The van der Waals surface area contributed by atoms with E-state index in [0.29, 0.717) is 130 Å². The van der Waals surface area contributed by atoms with Crippen molar-refractivity contribution >= 4 is 139 Å². The van der Waals surface area contributed by atoms with Gasteiger partial charge in [0.2, 0.25) is 0 Å². The predicted molar refractivity (Wildman–Crippen MR) is 266 cm³/mol. The van der Waals surface area contributed by atoms with E-state index in [9.17, 15) is 0 Å². The monoisotopic (exact) mass is 958 g/mol. The van der Waals surface area contributed by atoms with Crippen molar-refractivity contribution in [3.63, 3.8) is 0 Å². The third-order valence-electron chi connectivity index (χ3n) is 10.3. The summed E-state index contributed by atoms with van der Waals surface area (Å²) in [4.78, 5) is 17.9. The smallest absolute Gasteiger partial charge is 0.0738 e. The average Bonchev–Trinajstić information content (AvgIpc) is 4.04. The lowest BCUT2D eigenvalue weighted by molar-refractivity contribution is 1.31. The van der Waals surface area contributed by atoms with Crippen molar-refractivity contribution < 1.29 is 0 Å². The molecule has 5 heterocycles. The third-order valence-corrected chi connectivity index (χ3v) is 12.7. The number of aromatic nitrogens is 4. The normalized spacial score (nSPS) is 11.9. The van der Waals surface area contributed by atoms with Crippen molar-refractivity contribution in [3.05, 3.63) is 159 Å². The molecule has 0 radical (unpaired) electrons. The van der Waals surface area contributed by atoms with E-state index < -0.39 is 0 Å². The van der Waals surface area contributed by atoms with E-state index in [-0.39, 0.29) is 0 Å². The first-order valence-corrected chi connectivity index (χ1v) is 22.3. The molecule has 0 unspecified atom stereocenters. The SMILES string of the molecule is CC.Cc1cc(Cl)c(-c2c3nc(c(-c4c(Cl)cc(C)cc4Cl)c4ccc([nH]4)c(-c4c(Cl)cc(C)cc4Cl)c4nc(c(-c5c(Cl)cccc5Cl)c5ccc2[nH]5)C=C4)C=C3)c(Cl)c1. The molecule has 12 heteroatoms. The van der Waals surface area contributed by atoms with E-state index in [1.54, 1.807) is 18.2 Å². The van der Waals surface area contributed by atoms with Crippen molar-refractivity contribution in [1.82, 2.24) is 19.9 Å². The lowest BCUT2D eigenvalue weighted by Crippen LogP contribution is -1.93. The van der Waals surface area contributed by atoms with Crippen LogP contribution in [-0.4, -0.2) is 19.9 Å². The van der Waals surface area contributed by atoms with Crippen molar-refractivity contribution in [1.29, 1.82) is 0 Å². The molecule has 9 rings (SSSR count). The van der Waals surface area contributed by atoms with Gasteiger partial charge in [-0.3, -0.25) is 0 Å². The van der Waals surface area contributed by atoms with Crippen molar-refractivity contribution in [2.45, 2.75) is 34.6 Å². The predicted octanol–water partition coefficient (Wildman–Crippen LogP) is 18.5. The molecule has 0 spiro atoms. The van der Waals surface area contributed by atoms with Crippen LogP contribution in [0.3, 0.4) is 0 Å². The number of benzene rings is 4. The van der Waals surface area contributed by atoms with Gasteiger partial charge in [0.05, 0.1) is 63.0 Å². The van der Waals surface area contributed by atoms with Crippen molar-refractivity contribution in [3.8, 4) is 44.5 Å². The highest BCUT2D eigenvalue weighted by Crippen LogP contribution is 2.47. The quantitative estimate of drug-likeness (QED) is 0.185. The Hall–Kier alpha value is -4.20. The second kappa shape index (κ2) is 17.5. The van der Waals surface area contributed by atoms with Crippen LogP contribution in [0.25, 0.3) is 90.9 Å². The Morgan fingerprint density at radius 2 is 0.557 bits per heavy atom. The number of rotatable bonds is 4. The topological polar surface area (TPSA) is 57.4 Å². The summed E-state index contributed by atoms with van der Waals surface area (Å²) in [5, 5.41) is 3.64. The van der Waals surface area contributed by atoms with Gasteiger partial charge in [-0.15, -0.1) is 0 Å². The summed E-state index contributed by atoms with van der Waals surface area (Å²) in [5.41, 5.74) is 12.9. The van der Waals surface area contributed by atoms with Crippen LogP contribution in [0.2, 0.25) is 40.2 Å². The van der Waals surface area contributed by atoms with Gasteiger partial charge in [0, 0.05) is 66.6 Å². The Bertz CT molecular complexity index is 3050. The average molecular weight is 962 g/mol. The summed E-state index contributed by atoms with van der Waals surface area (Å²) >= 11 is 56.4. The van der Waals surface area contributed by atoms with E-state index in [4.69, 9.17) is 103 Å². The molecule has 0 atom stereocenters. The van der Waals surface area contributed by atoms with Crippen LogP contribution in [0, 0.1) is 20.8 Å². The molecule has 61 heavy (non-hydrogen) atoms. The Labute approximate surface area is 393 Å². The fourth-order valence-corrected chi connectivity index (χ4v) is 10.8. The summed E-state index contributed by atoms with van der Waals surface area (Å²) in [6.07, 6.45) is 7.71. The van der Waals surface area contributed by atoms with Gasteiger partial charge in [0.15, 0.2) is 0 Å². The lowest BCUT2D eigenvalue weighted by Gasteiger charge is -2.12. The van der Waals surface area contributed by atoms with Gasteiger partial charge in [-0.1, -0.05) is 113 Å². The zero-order valence-corrected chi connectivity index (χ0v) is 39.3. The molecule has 0 aliphatic carbocycles. The molecule has 4 nitrogen and oxygen atoms in total. The second-order valence-corrected chi connectivity index (χ2v) is 17.7. The van der Waals surface area contributed by atoms with E-state index >= 15 is 0 Å². The summed E-state index contributed by atoms with van der Waals surface area (Å²) < 4.78 is 0. The number of hydrogen-bond acceptors (Lipinski definition) is 2. The third kappa shape index (κ3) is 8.03. The molecule has 7 aromatic rings. The van der Waals surface area contributed by atoms with E-state index in [2.05, 4.69) is 9.97 Å². The molecule has 0 fully saturated rings. The Kier molecular flexibility index (Phi) is 12.5. The number of aromatic amines is 2. The van der Waals surface area contributed by atoms with E-state index in [1.165, 1.54) is 0 Å². The van der Waals surface area contributed by atoms with E-state index in [0.717, 1.165) is 16.7 Å². The van der Waals surface area contributed by atoms with E-state index in [1.807, 2.05) is 120 Å². The molecule has 306 valence electrons. The molecule has 2 N–H and O–H groups in total. The Balaban J connectivity index is 0.00000253. The minimum atomic E-state index is 0.443. The molecule has 0 saturated heterocycles. The number of halogens is 8. The highest BCUT2D eigenvalue weighted by atomic mass is 35.5. The molecule has 3 aromatic heterocycles. The van der Waals surface area contributed by atoms with Gasteiger partial charge in [-0.05, 0) is 135 Å². The van der Waals surface area contributed by atoms with Gasteiger partial charge in [0.1, 0.15) is 0 Å². The van der Waals surface area contributed by atoms with Gasteiger partial charge >= 0.3 is 0 Å². The number of hydrogen-bond donors (Lipinski definition) is 2. The molecular formula is C49H34Cl8N4. The van der Waals surface area contributed by atoms with Crippen molar-refractivity contribution in [2.24, 2.45) is 0 Å². The molecule has 2 aliphatic heterocycles. The van der Waals surface area contributed by atoms with Crippen LogP contribution in [-0.2, 0) is 0 Å². The Morgan fingerprint density at radius 3 is 0.803 bits per heavy atom. The zero-order chi connectivity index (χ0) is 43.4. The highest BCUT2D eigenvalue weighted by Gasteiger charge is 2.25. The number of H-pyrrole nitrogens is 2. The van der Waals surface area contributed by atoms with Crippen LogP contribution in [0.5, 0.6) is 0 Å². The minimum absolute atomic E-state index is 0.443. The van der Waals surface area contributed by atoms with Gasteiger partial charge in [-0.25, -0.2) is 9.97 Å². The van der Waals surface area contributed by atoms with Gasteiger partial charge in [0.25, 0.3) is 0 Å². The summed E-state index contributed by atoms with van der Waals surface area (Å²) in [6.45, 7) is 9.83. The fourth-order valence-electron chi connectivity index (χ4n) is 7.81. The summed E-state index contributed by atoms with van der Waals surface area (Å²) in [5.74, 6) is 0. The minimum Gasteiger partial charge on any atom is -0.354 e. The largest absolute Gasteiger partial charge is 0.354 e. The standard InChI is InChI=1S/C47H28Cl8N4.C2H6/c1-21-15-26(50)41(27(51)16-21)45-34-9-7-32(56-34)44(40-24(48)5-4-6-25(40)49)33-8-10-35(57-33)46(42-28(52)17-22(2)18-29(42)53)37-12-14-39(59-37)47(38-13-11-36(45)58-38)43-30(54)19-23(3)20-31(43)55;1-2/h4-20,56,59H,1-3H3;1-2H3. The molecule has 8 bridgehead atoms. The van der Waals surface area contributed by atoms with Crippen LogP contribution >= 0.6 is 92.8 Å². The first-order valence-electron chi connectivity index (χ1n) is 19.3. The molecule has 2 aliphatic rings. The van der Waals surface area contributed by atoms with Gasteiger partial charge in [-0.2, -0.15) is 0 Å². The summed E-state index contributed by atoms with van der Waals surface area (Å²) in [7, 11) is 0. The number of nitrogens with one attached hydrogen (secondary N) is 2. The molecule has 0 amide bonds. The zero-order valence-electron chi connectivity index (χ0n) is 33.2. The van der Waals surface area contributed by atoms with Gasteiger partial charge < -0.3 is 9.97 Å². The highest BCUT2D eigenvalue weighted by molar-refractivity contribution is 6.42. The first kappa shape index (κ1) is 43.4. The maximum Gasteiger partial charge on any atom is 0.0738 e. The van der Waals surface area contributed by atoms with Crippen LogP contribution in [0.1, 0.15) is 53.3 Å². The Morgan fingerprint density at radius 1 is 0.328 bits per heavy atom. The lowest BCUT2D eigenvalue weighted by atomic mass is 10.0. The number of aryl methyl sites for hydroxylation is 3. The maximum absolute atomic E-state index is 7.08.